The van der Waals surface area contributed by atoms with E-state index in [1.54, 1.807) is 24.3 Å². The summed E-state index contributed by atoms with van der Waals surface area (Å²) < 4.78 is 0. The Labute approximate surface area is 131 Å². The molecular weight excluding hydrogens is 330 g/mol. The molecule has 1 heterocycles. The van der Waals surface area contributed by atoms with Gasteiger partial charge in [0.05, 0.1) is 17.2 Å². The monoisotopic (exact) mass is 343 g/mol. The molecule has 2 amide bonds. The Bertz CT molecular complexity index is 674. The molecule has 1 unspecified atom stereocenters. The second-order valence-electron chi connectivity index (χ2n) is 5.08. The average Bonchev–Trinajstić information content (AvgIpc) is 2.79. The highest BCUT2D eigenvalue weighted by molar-refractivity contribution is 9.08. The largest absolute Gasteiger partial charge is 0.269 e. The van der Waals surface area contributed by atoms with Crippen LogP contribution in [0.5, 0.6) is 0 Å². The summed E-state index contributed by atoms with van der Waals surface area (Å²) in [4.78, 5) is 26.2. The molecule has 4 heteroatoms. The normalized spacial score (nSPS) is 15.2. The minimum absolute atomic E-state index is 0.215. The average molecular weight is 344 g/mol. The number of imide groups is 1. The molecule has 0 aliphatic carbocycles. The first kappa shape index (κ1) is 14.0. The molecule has 0 N–H and O–H groups in total. The number of amides is 2. The van der Waals surface area contributed by atoms with Crippen molar-refractivity contribution in [3.05, 3.63) is 70.8 Å². The molecule has 0 spiro atoms. The number of alkyl halides is 1. The molecule has 0 radical (unpaired) electrons. The molecule has 3 nitrogen and oxygen atoms in total. The first-order valence-corrected chi connectivity index (χ1v) is 7.87. The van der Waals surface area contributed by atoms with Gasteiger partial charge < -0.3 is 0 Å². The SMILES string of the molecule is CC(c1ccc(CBr)cc1)N1C(=O)c2ccccc2C1=O. The number of nitrogens with zero attached hydrogens (tertiary/aromatic N) is 1. The topological polar surface area (TPSA) is 37.4 Å². The van der Waals surface area contributed by atoms with Crippen molar-refractivity contribution < 1.29 is 9.59 Å². The van der Waals surface area contributed by atoms with Gasteiger partial charge in [0.25, 0.3) is 11.8 Å². The van der Waals surface area contributed by atoms with Gasteiger partial charge >= 0.3 is 0 Å². The molecule has 1 aliphatic rings. The lowest BCUT2D eigenvalue weighted by molar-refractivity contribution is 0.0595. The number of hydrogen-bond acceptors (Lipinski definition) is 2. The smallest absolute Gasteiger partial charge is 0.262 e. The third-order valence-corrected chi connectivity index (χ3v) is 4.48. The van der Waals surface area contributed by atoms with E-state index in [0.717, 1.165) is 16.5 Å². The van der Waals surface area contributed by atoms with Gasteiger partial charge in [-0.3, -0.25) is 14.5 Å². The maximum absolute atomic E-state index is 12.4. The summed E-state index contributed by atoms with van der Waals surface area (Å²) in [5.74, 6) is -0.430. The number of rotatable bonds is 3. The van der Waals surface area contributed by atoms with Gasteiger partial charge in [0.2, 0.25) is 0 Å². The van der Waals surface area contributed by atoms with Crippen molar-refractivity contribution in [3.63, 3.8) is 0 Å². The molecule has 3 rings (SSSR count). The molecule has 0 saturated heterocycles. The number of fused-ring (bicyclic) bond motifs is 1. The van der Waals surface area contributed by atoms with Crippen LogP contribution in [0.2, 0.25) is 0 Å². The first-order valence-electron chi connectivity index (χ1n) is 6.75. The van der Waals surface area contributed by atoms with Crippen LogP contribution in [0.1, 0.15) is 44.8 Å². The van der Waals surface area contributed by atoms with E-state index in [1.807, 2.05) is 31.2 Å². The summed E-state index contributed by atoms with van der Waals surface area (Å²) in [5, 5.41) is 0.786. The summed E-state index contributed by atoms with van der Waals surface area (Å²) >= 11 is 3.41. The van der Waals surface area contributed by atoms with Crippen LogP contribution < -0.4 is 0 Å². The molecule has 0 fully saturated rings. The molecule has 0 saturated carbocycles. The van der Waals surface area contributed by atoms with Gasteiger partial charge in [-0.05, 0) is 30.2 Å². The lowest BCUT2D eigenvalue weighted by Gasteiger charge is -2.23. The molecule has 2 aromatic rings. The molecular formula is C17H14BrNO2. The maximum Gasteiger partial charge on any atom is 0.262 e. The molecule has 0 bridgehead atoms. The van der Waals surface area contributed by atoms with E-state index in [4.69, 9.17) is 0 Å². The Hall–Kier alpha value is -1.94. The Morgan fingerprint density at radius 2 is 1.48 bits per heavy atom. The van der Waals surface area contributed by atoms with Crippen molar-refractivity contribution in [3.8, 4) is 0 Å². The van der Waals surface area contributed by atoms with Crippen molar-refractivity contribution >= 4 is 27.7 Å². The minimum atomic E-state index is -0.276. The summed E-state index contributed by atoms with van der Waals surface area (Å²) in [6.45, 7) is 1.88. The minimum Gasteiger partial charge on any atom is -0.269 e. The summed E-state index contributed by atoms with van der Waals surface area (Å²) in [6.07, 6.45) is 0. The number of benzene rings is 2. The van der Waals surface area contributed by atoms with E-state index in [2.05, 4.69) is 15.9 Å². The summed E-state index contributed by atoms with van der Waals surface area (Å²) in [7, 11) is 0. The van der Waals surface area contributed by atoms with E-state index in [9.17, 15) is 9.59 Å². The Morgan fingerprint density at radius 3 is 1.95 bits per heavy atom. The third kappa shape index (κ3) is 2.29. The van der Waals surface area contributed by atoms with E-state index in [1.165, 1.54) is 4.90 Å². The summed E-state index contributed by atoms with van der Waals surface area (Å²) in [5.41, 5.74) is 3.10. The lowest BCUT2D eigenvalue weighted by Crippen LogP contribution is -2.32. The van der Waals surface area contributed by atoms with Crippen LogP contribution in [-0.4, -0.2) is 16.7 Å². The fraction of sp³-hybridized carbons (Fsp3) is 0.176. The number of carbonyl (C=O) groups excluding carboxylic acids is 2. The van der Waals surface area contributed by atoms with Crippen LogP contribution in [-0.2, 0) is 5.33 Å². The van der Waals surface area contributed by atoms with Crippen LogP contribution >= 0.6 is 15.9 Å². The molecule has 2 aromatic carbocycles. The number of halogens is 1. The van der Waals surface area contributed by atoms with Crippen molar-refractivity contribution in [1.29, 1.82) is 0 Å². The Morgan fingerprint density at radius 1 is 0.952 bits per heavy atom. The fourth-order valence-electron chi connectivity index (χ4n) is 2.59. The van der Waals surface area contributed by atoms with Crippen molar-refractivity contribution in [2.45, 2.75) is 18.3 Å². The van der Waals surface area contributed by atoms with Gasteiger partial charge in [-0.15, -0.1) is 0 Å². The zero-order chi connectivity index (χ0) is 15.0. The van der Waals surface area contributed by atoms with Gasteiger partial charge in [-0.25, -0.2) is 0 Å². The highest BCUT2D eigenvalue weighted by atomic mass is 79.9. The van der Waals surface area contributed by atoms with Gasteiger partial charge in [0.15, 0.2) is 0 Å². The van der Waals surface area contributed by atoms with Crippen LogP contribution in [0.3, 0.4) is 0 Å². The first-order chi connectivity index (χ1) is 10.1. The van der Waals surface area contributed by atoms with Gasteiger partial charge in [-0.2, -0.15) is 0 Å². The number of hydrogen-bond donors (Lipinski definition) is 0. The van der Waals surface area contributed by atoms with Crippen molar-refractivity contribution in [2.24, 2.45) is 0 Å². The van der Waals surface area contributed by atoms with Gasteiger partial charge in [0, 0.05) is 5.33 Å². The second-order valence-corrected chi connectivity index (χ2v) is 5.64. The quantitative estimate of drug-likeness (QED) is 0.625. The molecule has 1 atom stereocenters. The zero-order valence-corrected chi connectivity index (χ0v) is 13.1. The number of carbonyl (C=O) groups is 2. The van der Waals surface area contributed by atoms with E-state index in [0.29, 0.717) is 11.1 Å². The molecule has 0 aromatic heterocycles. The van der Waals surface area contributed by atoms with Gasteiger partial charge in [0.1, 0.15) is 0 Å². The fourth-order valence-corrected chi connectivity index (χ4v) is 2.97. The Balaban J connectivity index is 1.94. The van der Waals surface area contributed by atoms with Crippen LogP contribution in [0, 0.1) is 0 Å². The highest BCUT2D eigenvalue weighted by Crippen LogP contribution is 2.31. The molecule has 1 aliphatic heterocycles. The molecule has 106 valence electrons. The van der Waals surface area contributed by atoms with Crippen molar-refractivity contribution in [2.75, 3.05) is 0 Å². The van der Waals surface area contributed by atoms with E-state index >= 15 is 0 Å². The Kier molecular flexibility index (Phi) is 3.64. The van der Waals surface area contributed by atoms with E-state index in [-0.39, 0.29) is 17.9 Å². The van der Waals surface area contributed by atoms with Crippen LogP contribution in [0.25, 0.3) is 0 Å². The van der Waals surface area contributed by atoms with Crippen molar-refractivity contribution in [1.82, 2.24) is 4.90 Å². The standard InChI is InChI=1S/C17H14BrNO2/c1-11(13-8-6-12(10-18)7-9-13)19-16(20)14-4-2-3-5-15(14)17(19)21/h2-9,11H,10H2,1H3. The predicted octanol–water partition coefficient (Wildman–Crippen LogP) is 3.94. The van der Waals surface area contributed by atoms with Crippen LogP contribution in [0.4, 0.5) is 0 Å². The zero-order valence-electron chi connectivity index (χ0n) is 11.5. The lowest BCUT2D eigenvalue weighted by atomic mass is 10.1. The second kappa shape index (κ2) is 5.45. The van der Waals surface area contributed by atoms with Crippen LogP contribution in [0.15, 0.2) is 48.5 Å². The maximum atomic E-state index is 12.4. The summed E-state index contributed by atoms with van der Waals surface area (Å²) in [6, 6.07) is 14.6. The third-order valence-electron chi connectivity index (χ3n) is 3.83. The van der Waals surface area contributed by atoms with E-state index < -0.39 is 0 Å². The predicted molar refractivity (Wildman–Crippen MR) is 84.4 cm³/mol. The highest BCUT2D eigenvalue weighted by Gasteiger charge is 2.38. The molecule has 21 heavy (non-hydrogen) atoms. The van der Waals surface area contributed by atoms with Gasteiger partial charge in [-0.1, -0.05) is 52.3 Å².